The first-order valence-corrected chi connectivity index (χ1v) is 9.34. The molecule has 3 aromatic carbocycles. The fourth-order valence-electron chi connectivity index (χ4n) is 3.25. The Morgan fingerprint density at radius 3 is 1.16 bits per heavy atom. The molecule has 0 aliphatic carbocycles. The van der Waals surface area contributed by atoms with Crippen LogP contribution >= 0.6 is 0 Å². The van der Waals surface area contributed by atoms with Crippen molar-refractivity contribution in [3.8, 4) is 0 Å². The van der Waals surface area contributed by atoms with E-state index in [0.717, 1.165) is 16.7 Å². The molecule has 0 aromatic heterocycles. The average Bonchev–Trinajstić information content (AvgIpc) is 2.75. The van der Waals surface area contributed by atoms with Crippen LogP contribution in [0.3, 0.4) is 0 Å². The second-order valence-electron chi connectivity index (χ2n) is 6.72. The minimum absolute atomic E-state index is 0.552. The number of hydrogen-bond acceptors (Lipinski definition) is 4. The smallest absolute Gasteiger partial charge is 0.0378 e. The zero-order chi connectivity index (χ0) is 21.9. The van der Waals surface area contributed by atoms with Crippen molar-refractivity contribution in [2.75, 3.05) is 0 Å². The maximum absolute atomic E-state index is 8.70. The SMILES string of the molecule is [N-]=[N+]=Nc1cccc(CN(Cc2cccc(N=[N+]=[N-])c2)Cc2cccc(N=[N+]=[N-])c2)c1. The van der Waals surface area contributed by atoms with Crippen LogP contribution in [0, 0.1) is 0 Å². The van der Waals surface area contributed by atoms with E-state index in [2.05, 4.69) is 35.0 Å². The molecule has 152 valence electrons. The Labute approximate surface area is 178 Å². The molecule has 0 saturated carbocycles. The lowest BCUT2D eigenvalue weighted by atomic mass is 10.1. The van der Waals surface area contributed by atoms with Gasteiger partial charge in [-0.15, -0.1) is 0 Å². The van der Waals surface area contributed by atoms with Gasteiger partial charge in [0.25, 0.3) is 0 Å². The van der Waals surface area contributed by atoms with Crippen LogP contribution in [0.2, 0.25) is 0 Å². The maximum atomic E-state index is 8.70. The van der Waals surface area contributed by atoms with E-state index in [4.69, 9.17) is 16.6 Å². The van der Waals surface area contributed by atoms with E-state index in [1.807, 2.05) is 54.6 Å². The van der Waals surface area contributed by atoms with Gasteiger partial charge in [0.1, 0.15) is 0 Å². The molecule has 10 nitrogen and oxygen atoms in total. The quantitative estimate of drug-likeness (QED) is 0.198. The van der Waals surface area contributed by atoms with Crippen molar-refractivity contribution in [3.63, 3.8) is 0 Å². The van der Waals surface area contributed by atoms with E-state index < -0.39 is 0 Å². The molecule has 31 heavy (non-hydrogen) atoms. The zero-order valence-electron chi connectivity index (χ0n) is 16.5. The van der Waals surface area contributed by atoms with E-state index in [0.29, 0.717) is 36.7 Å². The largest absolute Gasteiger partial charge is 0.291 e. The summed E-state index contributed by atoms with van der Waals surface area (Å²) < 4.78 is 0. The number of hydrogen-bond donors (Lipinski definition) is 0. The van der Waals surface area contributed by atoms with E-state index in [-0.39, 0.29) is 0 Å². The summed E-state index contributed by atoms with van der Waals surface area (Å²) in [4.78, 5) is 10.7. The van der Waals surface area contributed by atoms with Gasteiger partial charge < -0.3 is 0 Å². The van der Waals surface area contributed by atoms with Crippen molar-refractivity contribution in [1.29, 1.82) is 0 Å². The van der Waals surface area contributed by atoms with Gasteiger partial charge in [-0.25, -0.2) is 0 Å². The third kappa shape index (κ3) is 6.54. The van der Waals surface area contributed by atoms with Gasteiger partial charge in [0.05, 0.1) is 0 Å². The zero-order valence-corrected chi connectivity index (χ0v) is 16.5. The second kappa shape index (κ2) is 10.9. The van der Waals surface area contributed by atoms with Crippen molar-refractivity contribution < 1.29 is 0 Å². The highest BCUT2D eigenvalue weighted by Crippen LogP contribution is 2.22. The fraction of sp³-hybridized carbons (Fsp3) is 0.143. The summed E-state index contributed by atoms with van der Waals surface area (Å²) in [7, 11) is 0. The lowest BCUT2D eigenvalue weighted by Gasteiger charge is -2.23. The van der Waals surface area contributed by atoms with Crippen molar-refractivity contribution in [3.05, 3.63) is 121 Å². The predicted octanol–water partition coefficient (Wildman–Crippen LogP) is 7.71. The lowest BCUT2D eigenvalue weighted by molar-refractivity contribution is 0.248. The Bertz CT molecular complexity index is 1050. The summed E-state index contributed by atoms with van der Waals surface area (Å²) in [5.41, 5.74) is 30.7. The summed E-state index contributed by atoms with van der Waals surface area (Å²) in [6.45, 7) is 1.77. The third-order valence-corrected chi connectivity index (χ3v) is 4.43. The summed E-state index contributed by atoms with van der Waals surface area (Å²) in [5, 5.41) is 11.0. The van der Waals surface area contributed by atoms with Gasteiger partial charge in [-0.3, -0.25) is 4.90 Å². The van der Waals surface area contributed by atoms with Gasteiger partial charge in [-0.05, 0) is 51.5 Å². The molecule has 0 atom stereocenters. The van der Waals surface area contributed by atoms with Gasteiger partial charge in [0, 0.05) is 51.4 Å². The molecule has 0 amide bonds. The van der Waals surface area contributed by atoms with E-state index in [1.165, 1.54) is 0 Å². The van der Waals surface area contributed by atoms with Crippen LogP contribution in [0.4, 0.5) is 17.1 Å². The molecule has 0 aliphatic rings. The first-order valence-electron chi connectivity index (χ1n) is 9.34. The Kier molecular flexibility index (Phi) is 7.49. The first kappa shape index (κ1) is 21.3. The number of rotatable bonds is 9. The summed E-state index contributed by atoms with van der Waals surface area (Å²) >= 11 is 0. The highest BCUT2D eigenvalue weighted by atomic mass is 15.1. The van der Waals surface area contributed by atoms with Crippen LogP contribution in [0.15, 0.2) is 88.1 Å². The van der Waals surface area contributed by atoms with Crippen LogP contribution in [-0.4, -0.2) is 4.90 Å². The van der Waals surface area contributed by atoms with Gasteiger partial charge in [0.2, 0.25) is 0 Å². The summed E-state index contributed by atoms with van der Waals surface area (Å²) in [6, 6.07) is 22.2. The van der Waals surface area contributed by atoms with Crippen LogP contribution in [0.1, 0.15) is 16.7 Å². The minimum Gasteiger partial charge on any atom is -0.291 e. The number of nitrogens with zero attached hydrogens (tertiary/aromatic N) is 10. The Morgan fingerprint density at radius 2 is 0.871 bits per heavy atom. The average molecular weight is 410 g/mol. The first-order chi connectivity index (χ1) is 15.2. The molecule has 0 bridgehead atoms. The number of azide groups is 3. The molecule has 0 fully saturated rings. The Balaban J connectivity index is 1.89. The van der Waals surface area contributed by atoms with E-state index in [1.54, 1.807) is 18.2 Å². The van der Waals surface area contributed by atoms with Gasteiger partial charge >= 0.3 is 0 Å². The standard InChI is InChI=1S/C21H18N10/c22-28-25-19-7-1-4-16(10-19)13-31(14-17-5-2-8-20(11-17)26-29-23)15-18-6-3-9-21(12-18)27-30-24/h1-12H,13-15H2. The molecular weight excluding hydrogens is 392 g/mol. The topological polar surface area (TPSA) is 150 Å². The monoisotopic (exact) mass is 410 g/mol. The molecule has 0 N–H and O–H groups in total. The van der Waals surface area contributed by atoms with E-state index >= 15 is 0 Å². The van der Waals surface area contributed by atoms with Crippen molar-refractivity contribution in [2.45, 2.75) is 19.6 Å². The maximum Gasteiger partial charge on any atom is 0.0378 e. The second-order valence-corrected chi connectivity index (χ2v) is 6.72. The molecule has 3 aromatic rings. The molecule has 3 rings (SSSR count). The third-order valence-electron chi connectivity index (χ3n) is 4.43. The highest BCUT2D eigenvalue weighted by Gasteiger charge is 2.10. The molecule has 0 unspecified atom stereocenters. The van der Waals surface area contributed by atoms with Crippen LogP contribution in [0.5, 0.6) is 0 Å². The molecule has 10 heteroatoms. The normalized spacial score (nSPS) is 9.97. The predicted molar refractivity (Wildman–Crippen MR) is 119 cm³/mol. The van der Waals surface area contributed by atoms with Gasteiger partial charge in [-0.2, -0.15) is 0 Å². The van der Waals surface area contributed by atoms with Crippen LogP contribution in [-0.2, 0) is 19.6 Å². The summed E-state index contributed by atoms with van der Waals surface area (Å²) in [5.74, 6) is 0. The molecule has 0 radical (unpaired) electrons. The van der Waals surface area contributed by atoms with Crippen molar-refractivity contribution in [2.24, 2.45) is 15.3 Å². The Hall–Kier alpha value is -4.45. The van der Waals surface area contributed by atoms with Crippen molar-refractivity contribution >= 4 is 17.1 Å². The molecule has 0 spiro atoms. The molecule has 0 heterocycles. The summed E-state index contributed by atoms with van der Waals surface area (Å²) in [6.07, 6.45) is 0. The number of benzene rings is 3. The minimum atomic E-state index is 0.552. The molecular formula is C21H18N10. The van der Waals surface area contributed by atoms with Crippen LogP contribution in [0.25, 0.3) is 31.3 Å². The van der Waals surface area contributed by atoms with E-state index in [9.17, 15) is 0 Å². The van der Waals surface area contributed by atoms with Crippen molar-refractivity contribution in [1.82, 2.24) is 4.90 Å². The highest BCUT2D eigenvalue weighted by molar-refractivity contribution is 5.42. The Morgan fingerprint density at radius 1 is 0.548 bits per heavy atom. The van der Waals surface area contributed by atoms with Crippen LogP contribution < -0.4 is 0 Å². The van der Waals surface area contributed by atoms with Gasteiger partial charge in [0.15, 0.2) is 0 Å². The lowest BCUT2D eigenvalue weighted by Crippen LogP contribution is -2.22. The fourth-order valence-corrected chi connectivity index (χ4v) is 3.25. The molecule has 0 aliphatic heterocycles. The molecule has 0 saturated heterocycles. The van der Waals surface area contributed by atoms with Gasteiger partial charge in [-0.1, -0.05) is 69.9 Å².